The summed E-state index contributed by atoms with van der Waals surface area (Å²) in [6, 6.07) is 10.2. The molecule has 0 radical (unpaired) electrons. The minimum absolute atomic E-state index is 0.237. The van der Waals surface area contributed by atoms with Crippen LogP contribution < -0.4 is 11.1 Å². The Hall–Kier alpha value is -2.14. The average Bonchev–Trinajstić information content (AvgIpc) is 2.89. The van der Waals surface area contributed by atoms with E-state index in [1.807, 2.05) is 30.3 Å². The van der Waals surface area contributed by atoms with Gasteiger partial charge in [0, 0.05) is 6.07 Å². The normalized spacial score (nSPS) is 12.1. The largest absolute Gasteiger partial charge is 0.364 e. The van der Waals surface area contributed by atoms with Crippen molar-refractivity contribution in [1.82, 2.24) is 10.5 Å². The molecule has 1 unspecified atom stereocenters. The van der Waals surface area contributed by atoms with Crippen molar-refractivity contribution in [3.63, 3.8) is 0 Å². The number of amides is 1. The van der Waals surface area contributed by atoms with Gasteiger partial charge in [-0.2, -0.15) is 0 Å². The first kappa shape index (κ1) is 11.3. The molecule has 3 N–H and O–H groups in total. The summed E-state index contributed by atoms with van der Waals surface area (Å²) in [5.74, 6) is -0.237. The molecule has 0 aliphatic rings. The van der Waals surface area contributed by atoms with Gasteiger partial charge in [-0.15, -0.1) is 0 Å². The Morgan fingerprint density at radius 1 is 1.35 bits per heavy atom. The molecular formula is C12H13N3O2. The fourth-order valence-corrected chi connectivity index (χ4v) is 1.43. The highest BCUT2D eigenvalue weighted by atomic mass is 16.5. The molecule has 1 aromatic carbocycles. The Kier molecular flexibility index (Phi) is 3.52. The van der Waals surface area contributed by atoms with Crippen LogP contribution in [0.4, 0.5) is 0 Å². The molecule has 88 valence electrons. The second kappa shape index (κ2) is 5.27. The quantitative estimate of drug-likeness (QED) is 0.822. The van der Waals surface area contributed by atoms with E-state index in [1.165, 1.54) is 6.26 Å². The van der Waals surface area contributed by atoms with Gasteiger partial charge in [0.05, 0.1) is 6.54 Å². The minimum atomic E-state index is -0.664. The zero-order valence-electron chi connectivity index (χ0n) is 9.17. The summed E-state index contributed by atoms with van der Waals surface area (Å²) in [5, 5.41) is 6.39. The molecule has 0 saturated heterocycles. The van der Waals surface area contributed by atoms with E-state index in [1.54, 1.807) is 6.07 Å². The van der Waals surface area contributed by atoms with Crippen molar-refractivity contribution < 1.29 is 9.32 Å². The van der Waals surface area contributed by atoms with Crippen molar-refractivity contribution in [3.8, 4) is 0 Å². The van der Waals surface area contributed by atoms with Crippen LogP contribution in [0.25, 0.3) is 0 Å². The van der Waals surface area contributed by atoms with E-state index >= 15 is 0 Å². The number of nitrogens with one attached hydrogen (secondary N) is 1. The van der Waals surface area contributed by atoms with E-state index in [9.17, 15) is 4.79 Å². The predicted molar refractivity (Wildman–Crippen MR) is 61.7 cm³/mol. The van der Waals surface area contributed by atoms with E-state index in [0.29, 0.717) is 12.2 Å². The molecule has 1 amide bonds. The van der Waals surface area contributed by atoms with Crippen LogP contribution in [0.3, 0.4) is 0 Å². The first-order valence-corrected chi connectivity index (χ1v) is 5.25. The number of hydrogen-bond donors (Lipinski definition) is 2. The maximum Gasteiger partial charge on any atom is 0.241 e. The number of nitrogens with zero attached hydrogens (tertiary/aromatic N) is 1. The number of carbonyl (C=O) groups excluding carboxylic acids is 1. The highest BCUT2D eigenvalue weighted by Crippen LogP contribution is 2.09. The van der Waals surface area contributed by atoms with Crippen molar-refractivity contribution >= 4 is 5.91 Å². The molecule has 1 heterocycles. The Labute approximate surface area is 98.6 Å². The van der Waals surface area contributed by atoms with Gasteiger partial charge >= 0.3 is 0 Å². The topological polar surface area (TPSA) is 81.2 Å². The SMILES string of the molecule is NC(C(=O)NCc1ccon1)c1ccccc1. The Balaban J connectivity index is 1.92. The van der Waals surface area contributed by atoms with Gasteiger partial charge in [-0.05, 0) is 5.56 Å². The molecule has 0 bridgehead atoms. The van der Waals surface area contributed by atoms with Gasteiger partial charge in [-0.25, -0.2) is 0 Å². The van der Waals surface area contributed by atoms with Crippen molar-refractivity contribution in [1.29, 1.82) is 0 Å². The van der Waals surface area contributed by atoms with Gasteiger partial charge in [0.2, 0.25) is 5.91 Å². The summed E-state index contributed by atoms with van der Waals surface area (Å²) in [6.45, 7) is 0.315. The average molecular weight is 231 g/mol. The summed E-state index contributed by atoms with van der Waals surface area (Å²) in [4.78, 5) is 11.7. The van der Waals surface area contributed by atoms with Crippen LogP contribution in [0.15, 0.2) is 47.2 Å². The molecule has 5 nitrogen and oxygen atoms in total. The van der Waals surface area contributed by atoms with Gasteiger partial charge in [-0.3, -0.25) is 4.79 Å². The summed E-state index contributed by atoms with van der Waals surface area (Å²) >= 11 is 0. The second-order valence-corrected chi connectivity index (χ2v) is 3.60. The van der Waals surface area contributed by atoms with Crippen LogP contribution in [0.1, 0.15) is 17.3 Å². The molecule has 17 heavy (non-hydrogen) atoms. The number of benzene rings is 1. The second-order valence-electron chi connectivity index (χ2n) is 3.60. The lowest BCUT2D eigenvalue weighted by atomic mass is 10.1. The van der Waals surface area contributed by atoms with Crippen molar-refractivity contribution in [3.05, 3.63) is 53.9 Å². The molecule has 0 aliphatic carbocycles. The third kappa shape index (κ3) is 2.92. The van der Waals surface area contributed by atoms with Crippen molar-refractivity contribution in [2.75, 3.05) is 0 Å². The fraction of sp³-hybridized carbons (Fsp3) is 0.167. The zero-order chi connectivity index (χ0) is 12.1. The smallest absolute Gasteiger partial charge is 0.241 e. The van der Waals surface area contributed by atoms with Gasteiger partial charge < -0.3 is 15.6 Å². The summed E-state index contributed by atoms with van der Waals surface area (Å²) < 4.78 is 4.66. The molecule has 0 saturated carbocycles. The van der Waals surface area contributed by atoms with Gasteiger partial charge in [0.1, 0.15) is 18.0 Å². The van der Waals surface area contributed by atoms with Crippen LogP contribution in [0.2, 0.25) is 0 Å². The lowest BCUT2D eigenvalue weighted by molar-refractivity contribution is -0.122. The monoisotopic (exact) mass is 231 g/mol. The molecular weight excluding hydrogens is 218 g/mol. The number of nitrogens with two attached hydrogens (primary N) is 1. The minimum Gasteiger partial charge on any atom is -0.364 e. The van der Waals surface area contributed by atoms with E-state index in [-0.39, 0.29) is 5.91 Å². The van der Waals surface area contributed by atoms with E-state index in [0.717, 1.165) is 5.56 Å². The summed E-state index contributed by atoms with van der Waals surface area (Å²) in [5.41, 5.74) is 7.27. The van der Waals surface area contributed by atoms with E-state index in [4.69, 9.17) is 5.73 Å². The standard InChI is InChI=1S/C12H13N3O2/c13-11(9-4-2-1-3-5-9)12(16)14-8-10-6-7-17-15-10/h1-7,11H,8,13H2,(H,14,16). The summed E-state index contributed by atoms with van der Waals surface area (Å²) in [7, 11) is 0. The lowest BCUT2D eigenvalue weighted by Gasteiger charge is -2.11. The van der Waals surface area contributed by atoms with Crippen LogP contribution in [-0.2, 0) is 11.3 Å². The van der Waals surface area contributed by atoms with Gasteiger partial charge in [0.15, 0.2) is 0 Å². The Morgan fingerprint density at radius 2 is 2.12 bits per heavy atom. The number of aromatic nitrogens is 1. The van der Waals surface area contributed by atoms with Crippen LogP contribution in [0, 0.1) is 0 Å². The van der Waals surface area contributed by atoms with Crippen LogP contribution in [0.5, 0.6) is 0 Å². The first-order valence-electron chi connectivity index (χ1n) is 5.25. The molecule has 0 fully saturated rings. The van der Waals surface area contributed by atoms with Gasteiger partial charge in [-0.1, -0.05) is 35.5 Å². The fourth-order valence-electron chi connectivity index (χ4n) is 1.43. The Bertz CT molecular complexity index is 468. The maximum absolute atomic E-state index is 11.7. The highest BCUT2D eigenvalue weighted by Gasteiger charge is 2.14. The molecule has 5 heteroatoms. The summed E-state index contributed by atoms with van der Waals surface area (Å²) in [6.07, 6.45) is 1.46. The maximum atomic E-state index is 11.7. The molecule has 2 rings (SSSR count). The third-order valence-corrected chi connectivity index (χ3v) is 2.38. The predicted octanol–water partition coefficient (Wildman–Crippen LogP) is 0.991. The molecule has 1 aromatic heterocycles. The van der Waals surface area contributed by atoms with Crippen molar-refractivity contribution in [2.45, 2.75) is 12.6 Å². The van der Waals surface area contributed by atoms with Crippen LogP contribution in [-0.4, -0.2) is 11.1 Å². The Morgan fingerprint density at radius 3 is 2.76 bits per heavy atom. The third-order valence-electron chi connectivity index (χ3n) is 2.38. The van der Waals surface area contributed by atoms with Crippen LogP contribution >= 0.6 is 0 Å². The number of carbonyl (C=O) groups is 1. The lowest BCUT2D eigenvalue weighted by Crippen LogP contribution is -2.33. The zero-order valence-corrected chi connectivity index (χ0v) is 9.17. The van der Waals surface area contributed by atoms with Crippen molar-refractivity contribution in [2.24, 2.45) is 5.73 Å². The van der Waals surface area contributed by atoms with E-state index < -0.39 is 6.04 Å². The van der Waals surface area contributed by atoms with Gasteiger partial charge in [0.25, 0.3) is 0 Å². The molecule has 0 spiro atoms. The highest BCUT2D eigenvalue weighted by molar-refractivity contribution is 5.82. The molecule has 0 aliphatic heterocycles. The number of hydrogen-bond acceptors (Lipinski definition) is 4. The molecule has 1 atom stereocenters. The first-order chi connectivity index (χ1) is 8.27. The molecule has 2 aromatic rings. The number of rotatable bonds is 4. The van der Waals surface area contributed by atoms with E-state index in [2.05, 4.69) is 15.0 Å².